The van der Waals surface area contributed by atoms with Gasteiger partial charge in [-0.2, -0.15) is 5.10 Å². The number of thioether (sulfide) groups is 1. The molecule has 3 rings (SSSR count). The number of carbonyl (C=O) groups is 2. The number of alkyl halides is 1. The molecule has 0 fully saturated rings. The molecule has 2 unspecified atom stereocenters. The SMILES string of the molecule is CC(Br)C(=O)c1ccc(Cl)c([N+](=O)[O-])c1.CC1SC(=O)NN=C1c1ccc(Cl)c([N+](=O)[O-])c1.CCOC(=S)NN. The summed E-state index contributed by atoms with van der Waals surface area (Å²) in [5, 5.41) is 25.2. The van der Waals surface area contributed by atoms with Crippen LogP contribution < -0.4 is 16.7 Å². The molecule has 0 saturated heterocycles. The average molecular weight is 698 g/mol. The number of rotatable bonds is 6. The molecule has 13 nitrogen and oxygen atoms in total. The summed E-state index contributed by atoms with van der Waals surface area (Å²) in [4.78, 5) is 42.4. The van der Waals surface area contributed by atoms with E-state index < -0.39 is 9.85 Å². The zero-order valence-electron chi connectivity index (χ0n) is 21.1. The van der Waals surface area contributed by atoms with Gasteiger partial charge in [0.25, 0.3) is 21.8 Å². The largest absolute Gasteiger partial charge is 0.470 e. The predicted molar refractivity (Wildman–Crippen MR) is 163 cm³/mol. The van der Waals surface area contributed by atoms with Gasteiger partial charge in [0.2, 0.25) is 0 Å². The molecule has 1 heterocycles. The van der Waals surface area contributed by atoms with E-state index in [1.807, 2.05) is 13.8 Å². The number of hydrogen-bond donors (Lipinski definition) is 3. The Kier molecular flexibility index (Phi) is 15.0. The van der Waals surface area contributed by atoms with Gasteiger partial charge in [0, 0.05) is 23.3 Å². The van der Waals surface area contributed by atoms with Crippen molar-refractivity contribution < 1.29 is 24.2 Å². The van der Waals surface area contributed by atoms with Gasteiger partial charge in [0.15, 0.2) is 5.78 Å². The maximum atomic E-state index is 11.5. The van der Waals surface area contributed by atoms with Crippen LogP contribution in [-0.4, -0.2) is 48.4 Å². The molecule has 2 atom stereocenters. The van der Waals surface area contributed by atoms with E-state index in [-0.39, 0.29) is 53.3 Å². The zero-order valence-corrected chi connectivity index (χ0v) is 25.8. The van der Waals surface area contributed by atoms with Gasteiger partial charge in [-0.25, -0.2) is 11.3 Å². The van der Waals surface area contributed by atoms with Gasteiger partial charge in [0.1, 0.15) is 10.0 Å². The van der Waals surface area contributed by atoms with Crippen molar-refractivity contribution in [2.75, 3.05) is 6.61 Å². The van der Waals surface area contributed by atoms with Crippen molar-refractivity contribution in [3.8, 4) is 0 Å². The molecule has 2 aromatic rings. The molecular weight excluding hydrogens is 675 g/mol. The first-order valence-corrected chi connectivity index (χ1v) is 13.9. The topological polar surface area (TPSA) is 192 Å². The standard InChI is InChI=1S/C10H8ClN3O3S.C9H7BrClNO3.C3H8N2OS/c1-5-9(12-13-10(15)18-5)6-2-3-7(11)8(4-6)14(16)17;1-5(10)9(13)6-2-3-7(11)8(4-6)12(14)15;1-2-6-3(7)5-4/h2-5H,1H3,(H,13,15);2-5H,1H3;2,4H2,1H3,(H,5,7). The van der Waals surface area contributed by atoms with Gasteiger partial charge in [-0.1, -0.05) is 57.0 Å². The van der Waals surface area contributed by atoms with E-state index in [0.29, 0.717) is 17.9 Å². The van der Waals surface area contributed by atoms with Crippen molar-refractivity contribution in [3.05, 3.63) is 77.8 Å². The molecule has 0 spiro atoms. The molecule has 216 valence electrons. The second-order valence-corrected chi connectivity index (χ2v) is 11.2. The number of nitro groups is 2. The monoisotopic (exact) mass is 696 g/mol. The second kappa shape index (κ2) is 17.0. The molecular formula is C22H23BrCl2N6O7S2. The first kappa shape index (κ1) is 35.1. The van der Waals surface area contributed by atoms with E-state index in [1.54, 1.807) is 13.0 Å². The molecule has 0 aromatic heterocycles. The number of nitrogens with one attached hydrogen (secondary N) is 2. The molecule has 18 heteroatoms. The summed E-state index contributed by atoms with van der Waals surface area (Å²) in [5.41, 5.74) is 5.51. The van der Waals surface area contributed by atoms with Crippen LogP contribution in [0, 0.1) is 20.2 Å². The first-order chi connectivity index (χ1) is 18.7. The highest BCUT2D eigenvalue weighted by molar-refractivity contribution is 9.10. The average Bonchev–Trinajstić information content (AvgIpc) is 2.89. The van der Waals surface area contributed by atoms with Crippen LogP contribution in [0.15, 0.2) is 41.5 Å². The minimum atomic E-state index is -0.613. The lowest BCUT2D eigenvalue weighted by Gasteiger charge is -2.18. The van der Waals surface area contributed by atoms with Crippen LogP contribution in [0.25, 0.3) is 0 Å². The summed E-state index contributed by atoms with van der Waals surface area (Å²) in [6, 6.07) is 8.45. The van der Waals surface area contributed by atoms with Crippen molar-refractivity contribution in [3.63, 3.8) is 0 Å². The normalized spacial score (nSPS) is 14.5. The quantitative estimate of drug-likeness (QED) is 0.0827. The fourth-order valence-corrected chi connectivity index (χ4v) is 4.23. The van der Waals surface area contributed by atoms with Crippen molar-refractivity contribution in [1.82, 2.24) is 10.9 Å². The fourth-order valence-electron chi connectivity index (χ4n) is 2.76. The zero-order chi connectivity index (χ0) is 30.6. The highest BCUT2D eigenvalue weighted by Gasteiger charge is 2.24. The van der Waals surface area contributed by atoms with E-state index >= 15 is 0 Å². The van der Waals surface area contributed by atoms with Gasteiger partial charge < -0.3 is 4.74 Å². The Morgan fingerprint density at radius 3 is 2.23 bits per heavy atom. The van der Waals surface area contributed by atoms with Gasteiger partial charge in [-0.3, -0.25) is 35.2 Å². The molecule has 0 radical (unpaired) electrons. The van der Waals surface area contributed by atoms with E-state index in [0.717, 1.165) is 11.8 Å². The van der Waals surface area contributed by atoms with Crippen LogP contribution in [0.3, 0.4) is 0 Å². The second-order valence-electron chi connectivity index (χ2n) is 7.35. The van der Waals surface area contributed by atoms with E-state index in [1.165, 1.54) is 30.3 Å². The Labute approximate surface area is 256 Å². The third kappa shape index (κ3) is 10.9. The summed E-state index contributed by atoms with van der Waals surface area (Å²) < 4.78 is 4.69. The number of nitrogens with zero attached hydrogens (tertiary/aromatic N) is 3. The molecule has 1 aliphatic heterocycles. The van der Waals surface area contributed by atoms with E-state index in [2.05, 4.69) is 48.8 Å². The molecule has 4 N–H and O–H groups in total. The number of ketones is 1. The molecule has 0 saturated carbocycles. The van der Waals surface area contributed by atoms with Crippen LogP contribution >= 0.6 is 63.1 Å². The Balaban J connectivity index is 0.000000329. The Hall–Kier alpha value is -2.89. The van der Waals surface area contributed by atoms with Crippen molar-refractivity contribution in [2.24, 2.45) is 10.9 Å². The molecule has 40 heavy (non-hydrogen) atoms. The number of Topliss-reactive ketones (excluding diaryl/α,β-unsaturated/α-hetero) is 1. The number of nitro benzene ring substituents is 2. The number of nitrogens with two attached hydrogens (primary N) is 1. The molecule has 0 bridgehead atoms. The van der Waals surface area contributed by atoms with E-state index in [9.17, 15) is 29.8 Å². The number of thiocarbonyl (C=S) groups is 1. The predicted octanol–water partition coefficient (Wildman–Crippen LogP) is 5.78. The lowest BCUT2D eigenvalue weighted by Crippen LogP contribution is -2.30. The number of benzene rings is 2. The van der Waals surface area contributed by atoms with Gasteiger partial charge in [-0.05, 0) is 51.2 Å². The highest BCUT2D eigenvalue weighted by atomic mass is 79.9. The Bertz CT molecular complexity index is 1320. The molecule has 1 amide bonds. The van der Waals surface area contributed by atoms with Gasteiger partial charge in [-0.15, -0.1) is 0 Å². The van der Waals surface area contributed by atoms with Crippen molar-refractivity contribution in [1.29, 1.82) is 0 Å². The molecule has 2 aromatic carbocycles. The van der Waals surface area contributed by atoms with Gasteiger partial charge in [0.05, 0.1) is 32.2 Å². The highest BCUT2D eigenvalue weighted by Crippen LogP contribution is 2.29. The smallest absolute Gasteiger partial charge is 0.299 e. The van der Waals surface area contributed by atoms with Crippen LogP contribution in [0.5, 0.6) is 0 Å². The van der Waals surface area contributed by atoms with Crippen LogP contribution in [0.4, 0.5) is 16.2 Å². The lowest BCUT2D eigenvalue weighted by atomic mass is 10.1. The summed E-state index contributed by atoms with van der Waals surface area (Å²) in [6.07, 6.45) is 0. The summed E-state index contributed by atoms with van der Waals surface area (Å²) in [6.45, 7) is 5.86. The minimum Gasteiger partial charge on any atom is -0.470 e. The van der Waals surface area contributed by atoms with Crippen LogP contribution in [-0.2, 0) is 4.74 Å². The molecule has 0 aliphatic carbocycles. The maximum Gasteiger partial charge on any atom is 0.299 e. The summed E-state index contributed by atoms with van der Waals surface area (Å²) in [5.74, 6) is 4.63. The van der Waals surface area contributed by atoms with E-state index in [4.69, 9.17) is 29.0 Å². The Morgan fingerprint density at radius 2 is 1.77 bits per heavy atom. The Morgan fingerprint density at radius 1 is 1.23 bits per heavy atom. The number of amides is 1. The lowest BCUT2D eigenvalue weighted by molar-refractivity contribution is -0.384. The van der Waals surface area contributed by atoms with Crippen LogP contribution in [0.1, 0.15) is 36.7 Å². The number of carbonyl (C=O) groups excluding carboxylic acids is 2. The van der Waals surface area contributed by atoms with Crippen molar-refractivity contribution >= 4 is 96.4 Å². The molecule has 1 aliphatic rings. The van der Waals surface area contributed by atoms with Crippen molar-refractivity contribution in [2.45, 2.75) is 30.8 Å². The summed E-state index contributed by atoms with van der Waals surface area (Å²) >= 11 is 20.0. The third-order valence-corrected chi connectivity index (χ3v) is 6.73. The number of ether oxygens (including phenoxy) is 1. The number of hydrazone groups is 1. The fraction of sp³-hybridized carbons (Fsp3) is 0.273. The van der Waals surface area contributed by atoms with Gasteiger partial charge >= 0.3 is 0 Å². The number of halogens is 3. The minimum absolute atomic E-state index is 0.0266. The summed E-state index contributed by atoms with van der Waals surface area (Å²) in [7, 11) is 0. The maximum absolute atomic E-state index is 11.5. The third-order valence-electron chi connectivity index (χ3n) is 4.56. The number of hydrazine groups is 1. The first-order valence-electron chi connectivity index (χ1n) is 11.0. The van der Waals surface area contributed by atoms with Crippen LogP contribution in [0.2, 0.25) is 10.0 Å². The number of hydrogen-bond acceptors (Lipinski definition) is 11.